The number of nitrogens with one attached hydrogen (secondary N) is 2. The van der Waals surface area contributed by atoms with Gasteiger partial charge in [-0.15, -0.1) is 0 Å². The van der Waals surface area contributed by atoms with Gasteiger partial charge in [-0.1, -0.05) is 11.8 Å². The number of carboxylic acid groups (broad SMARTS) is 1. The largest absolute Gasteiger partial charge is 0.480 e. The first-order valence-corrected chi connectivity index (χ1v) is 6.35. The second-order valence-electron chi connectivity index (χ2n) is 3.70. The summed E-state index contributed by atoms with van der Waals surface area (Å²) >= 11 is 1.19. The second-order valence-corrected chi connectivity index (χ2v) is 4.66. The van der Waals surface area contributed by atoms with E-state index in [2.05, 4.69) is 25.3 Å². The second kappa shape index (κ2) is 5.65. The number of aromatic amines is 1. The Hall–Kier alpha value is -2.16. The number of H-pyrrole nitrogens is 1. The molecule has 2 rings (SSSR count). The number of nitrogens with zero attached hydrogens (tertiary/aromatic N) is 3. The molecule has 2 heterocycles. The van der Waals surface area contributed by atoms with Gasteiger partial charge >= 0.3 is 5.97 Å². The van der Waals surface area contributed by atoms with Crippen LogP contribution in [-0.2, 0) is 9.59 Å². The maximum atomic E-state index is 11.5. The van der Waals surface area contributed by atoms with Crippen LogP contribution >= 0.6 is 11.8 Å². The fourth-order valence-electron chi connectivity index (χ4n) is 1.33. The van der Waals surface area contributed by atoms with Crippen LogP contribution in [0.5, 0.6) is 0 Å². The number of rotatable bonds is 5. The summed E-state index contributed by atoms with van der Waals surface area (Å²) in [6, 6.07) is -0.911. The lowest BCUT2D eigenvalue weighted by molar-refractivity contribution is -0.140. The molecule has 0 aliphatic rings. The molecule has 2 aromatic rings. The highest BCUT2D eigenvalue weighted by Crippen LogP contribution is 2.21. The molecule has 0 unspecified atom stereocenters. The molecule has 0 aliphatic heterocycles. The van der Waals surface area contributed by atoms with Gasteiger partial charge in [0, 0.05) is 0 Å². The number of fused-ring (bicyclic) bond motifs is 1. The van der Waals surface area contributed by atoms with Crippen LogP contribution in [0.1, 0.15) is 6.92 Å². The maximum Gasteiger partial charge on any atom is 0.325 e. The molecule has 8 nitrogen and oxygen atoms in total. The Kier molecular flexibility index (Phi) is 3.95. The molecule has 0 spiro atoms. The molecule has 0 fully saturated rings. The van der Waals surface area contributed by atoms with E-state index in [1.165, 1.54) is 31.3 Å². The monoisotopic (exact) mass is 281 g/mol. The fraction of sp³-hybridized carbons (Fsp3) is 0.300. The third-order valence-corrected chi connectivity index (χ3v) is 3.27. The molecule has 0 aromatic carbocycles. The first kappa shape index (κ1) is 13.3. The van der Waals surface area contributed by atoms with Crippen LogP contribution in [0.2, 0.25) is 0 Å². The predicted molar refractivity (Wildman–Crippen MR) is 67.6 cm³/mol. The zero-order valence-corrected chi connectivity index (χ0v) is 10.8. The molecule has 0 bridgehead atoms. The number of hydrogen-bond donors (Lipinski definition) is 3. The third-order valence-electron chi connectivity index (χ3n) is 2.28. The van der Waals surface area contributed by atoms with Crippen molar-refractivity contribution >= 4 is 34.8 Å². The van der Waals surface area contributed by atoms with E-state index in [0.29, 0.717) is 16.2 Å². The van der Waals surface area contributed by atoms with Gasteiger partial charge in [0.1, 0.15) is 22.9 Å². The summed E-state index contributed by atoms with van der Waals surface area (Å²) in [5, 5.41) is 11.6. The normalized spacial score (nSPS) is 12.3. The Balaban J connectivity index is 1.97. The summed E-state index contributed by atoms with van der Waals surface area (Å²) in [7, 11) is 0. The van der Waals surface area contributed by atoms with Crippen LogP contribution in [0, 0.1) is 0 Å². The van der Waals surface area contributed by atoms with Crippen LogP contribution in [-0.4, -0.2) is 48.7 Å². The third kappa shape index (κ3) is 3.19. The Bertz CT molecular complexity index is 614. The first-order valence-electron chi connectivity index (χ1n) is 5.37. The van der Waals surface area contributed by atoms with Crippen molar-refractivity contribution in [2.45, 2.75) is 18.0 Å². The molecule has 0 aliphatic carbocycles. The number of imidazole rings is 1. The highest BCUT2D eigenvalue weighted by molar-refractivity contribution is 8.00. The van der Waals surface area contributed by atoms with E-state index in [4.69, 9.17) is 5.11 Å². The van der Waals surface area contributed by atoms with Crippen molar-refractivity contribution in [3.63, 3.8) is 0 Å². The fourth-order valence-corrected chi connectivity index (χ4v) is 2.10. The molecule has 19 heavy (non-hydrogen) atoms. The number of thioether (sulfide) groups is 1. The minimum atomic E-state index is -1.07. The Morgan fingerprint density at radius 2 is 2.26 bits per heavy atom. The number of carboxylic acids is 1. The van der Waals surface area contributed by atoms with Crippen LogP contribution in [0.15, 0.2) is 17.7 Å². The lowest BCUT2D eigenvalue weighted by Gasteiger charge is -2.08. The van der Waals surface area contributed by atoms with Gasteiger partial charge in [0.25, 0.3) is 0 Å². The highest BCUT2D eigenvalue weighted by atomic mass is 32.2. The molecule has 100 valence electrons. The summed E-state index contributed by atoms with van der Waals surface area (Å²) in [5.74, 6) is -1.37. The summed E-state index contributed by atoms with van der Waals surface area (Å²) in [6.07, 6.45) is 2.86. The van der Waals surface area contributed by atoms with E-state index in [1.54, 1.807) is 0 Å². The van der Waals surface area contributed by atoms with Gasteiger partial charge in [0.15, 0.2) is 5.65 Å². The average Bonchev–Trinajstić information content (AvgIpc) is 2.84. The van der Waals surface area contributed by atoms with Crippen molar-refractivity contribution in [2.24, 2.45) is 0 Å². The van der Waals surface area contributed by atoms with E-state index in [1.807, 2.05) is 0 Å². The zero-order valence-electron chi connectivity index (χ0n) is 9.95. The van der Waals surface area contributed by atoms with Crippen molar-refractivity contribution in [1.82, 2.24) is 25.3 Å². The van der Waals surface area contributed by atoms with E-state index in [0.717, 1.165) is 0 Å². The van der Waals surface area contributed by atoms with Crippen molar-refractivity contribution in [3.8, 4) is 0 Å². The molecule has 0 saturated carbocycles. The topological polar surface area (TPSA) is 121 Å². The summed E-state index contributed by atoms with van der Waals surface area (Å²) < 4.78 is 0. The van der Waals surface area contributed by atoms with E-state index < -0.39 is 12.0 Å². The Morgan fingerprint density at radius 3 is 3.00 bits per heavy atom. The number of aromatic nitrogens is 4. The van der Waals surface area contributed by atoms with Gasteiger partial charge in [-0.05, 0) is 6.92 Å². The number of carbonyl (C=O) groups is 2. The SMILES string of the molecule is C[C@H](NC(=O)CSc1ncnc2nc[nH]c12)C(=O)O. The molecular formula is C10H11N5O3S. The summed E-state index contributed by atoms with van der Waals surface area (Å²) in [4.78, 5) is 37.0. The minimum absolute atomic E-state index is 0.0722. The Labute approximate surface area is 112 Å². The number of hydrogen-bond acceptors (Lipinski definition) is 6. The average molecular weight is 281 g/mol. The van der Waals surface area contributed by atoms with Crippen molar-refractivity contribution in [3.05, 3.63) is 12.7 Å². The van der Waals surface area contributed by atoms with Crippen LogP contribution < -0.4 is 5.32 Å². The van der Waals surface area contributed by atoms with Gasteiger partial charge in [0.2, 0.25) is 5.91 Å². The zero-order chi connectivity index (χ0) is 13.8. The van der Waals surface area contributed by atoms with E-state index in [9.17, 15) is 9.59 Å². The summed E-state index contributed by atoms with van der Waals surface area (Å²) in [6.45, 7) is 1.41. The Morgan fingerprint density at radius 1 is 1.47 bits per heavy atom. The minimum Gasteiger partial charge on any atom is -0.480 e. The molecule has 3 N–H and O–H groups in total. The number of carbonyl (C=O) groups excluding carboxylic acids is 1. The van der Waals surface area contributed by atoms with Gasteiger partial charge < -0.3 is 15.4 Å². The van der Waals surface area contributed by atoms with Crippen LogP contribution in [0.3, 0.4) is 0 Å². The van der Waals surface area contributed by atoms with Gasteiger partial charge in [0.05, 0.1) is 12.1 Å². The molecule has 0 saturated heterocycles. The van der Waals surface area contributed by atoms with Crippen LogP contribution in [0.25, 0.3) is 11.2 Å². The lowest BCUT2D eigenvalue weighted by atomic mass is 10.3. The van der Waals surface area contributed by atoms with E-state index >= 15 is 0 Å². The molecule has 2 aromatic heterocycles. The van der Waals surface area contributed by atoms with E-state index in [-0.39, 0.29) is 11.7 Å². The van der Waals surface area contributed by atoms with Gasteiger partial charge in [-0.3, -0.25) is 9.59 Å². The number of amides is 1. The van der Waals surface area contributed by atoms with Crippen molar-refractivity contribution in [1.29, 1.82) is 0 Å². The molecule has 1 amide bonds. The molecule has 1 atom stereocenters. The van der Waals surface area contributed by atoms with Gasteiger partial charge in [-0.2, -0.15) is 0 Å². The molecule has 9 heteroatoms. The summed E-state index contributed by atoms with van der Waals surface area (Å²) in [5.41, 5.74) is 1.18. The maximum absolute atomic E-state index is 11.5. The standard InChI is InChI=1S/C10H11N5O3S/c1-5(10(17)18)15-6(16)2-19-9-7-8(12-3-11-7)13-4-14-9/h3-5H,2H2,1H3,(H,15,16)(H,17,18)(H,11,12,13,14)/t5-/m0/s1. The smallest absolute Gasteiger partial charge is 0.325 e. The van der Waals surface area contributed by atoms with Gasteiger partial charge in [-0.25, -0.2) is 15.0 Å². The number of aliphatic carboxylic acids is 1. The molecular weight excluding hydrogens is 270 g/mol. The van der Waals surface area contributed by atoms with Crippen LogP contribution in [0.4, 0.5) is 0 Å². The predicted octanol–water partition coefficient (Wildman–Crippen LogP) is 0.0343. The lowest BCUT2D eigenvalue weighted by Crippen LogP contribution is -2.39. The van der Waals surface area contributed by atoms with Crippen molar-refractivity contribution in [2.75, 3.05) is 5.75 Å². The van der Waals surface area contributed by atoms with Crippen molar-refractivity contribution < 1.29 is 14.7 Å². The molecule has 0 radical (unpaired) electrons. The highest BCUT2D eigenvalue weighted by Gasteiger charge is 2.15. The first-order chi connectivity index (χ1) is 9.08. The quantitative estimate of drug-likeness (QED) is 0.522.